The van der Waals surface area contributed by atoms with Crippen molar-refractivity contribution in [3.63, 3.8) is 0 Å². The maximum atomic E-state index is 12.6. The lowest BCUT2D eigenvalue weighted by atomic mass is 10.0. The number of halogens is 1. The summed E-state index contributed by atoms with van der Waals surface area (Å²) < 4.78 is 0. The number of likely N-dealkylation sites (N-methyl/N-ethyl adjacent to an activating group) is 1. The first-order valence-electron chi connectivity index (χ1n) is 8.22. The van der Waals surface area contributed by atoms with Gasteiger partial charge in [0.1, 0.15) is 0 Å². The number of hydrogen-bond acceptors (Lipinski definition) is 2. The lowest BCUT2D eigenvalue weighted by Gasteiger charge is -2.28. The molecule has 0 saturated carbocycles. The summed E-state index contributed by atoms with van der Waals surface area (Å²) in [6.07, 6.45) is 2.14. The number of carbonyl (C=O) groups is 1. The van der Waals surface area contributed by atoms with Crippen LogP contribution in [0.1, 0.15) is 36.9 Å². The van der Waals surface area contributed by atoms with Crippen LogP contribution in [-0.4, -0.2) is 23.9 Å². The van der Waals surface area contributed by atoms with Gasteiger partial charge in [-0.05, 0) is 24.0 Å². The van der Waals surface area contributed by atoms with E-state index >= 15 is 0 Å². The van der Waals surface area contributed by atoms with Crippen LogP contribution in [0.15, 0.2) is 60.7 Å². The van der Waals surface area contributed by atoms with Crippen molar-refractivity contribution in [2.75, 3.05) is 7.05 Å². The highest BCUT2D eigenvalue weighted by atomic mass is 35.5. The van der Waals surface area contributed by atoms with E-state index in [1.807, 2.05) is 60.5 Å². The monoisotopic (exact) mass is 346 g/mol. The topological polar surface area (TPSA) is 46.3 Å². The maximum Gasteiger partial charge on any atom is 0.224 e. The summed E-state index contributed by atoms with van der Waals surface area (Å²) in [5.74, 6) is 0.101. The fraction of sp³-hybridized carbons (Fsp3) is 0.350. The molecule has 2 unspecified atom stereocenters. The molecule has 0 aliphatic carbocycles. The molecule has 2 N–H and O–H groups in total. The molecule has 3 nitrogen and oxygen atoms in total. The molecule has 0 aromatic heterocycles. The van der Waals surface area contributed by atoms with Crippen molar-refractivity contribution in [2.24, 2.45) is 5.73 Å². The third-order valence-electron chi connectivity index (χ3n) is 4.35. The van der Waals surface area contributed by atoms with Crippen molar-refractivity contribution in [3.05, 3.63) is 71.8 Å². The van der Waals surface area contributed by atoms with Gasteiger partial charge >= 0.3 is 0 Å². The number of hydrogen-bond donors (Lipinski definition) is 1. The minimum atomic E-state index is -0.250. The van der Waals surface area contributed by atoms with Crippen molar-refractivity contribution >= 4 is 18.3 Å². The Kier molecular flexibility index (Phi) is 8.51. The zero-order valence-corrected chi connectivity index (χ0v) is 15.2. The predicted molar refractivity (Wildman–Crippen MR) is 102 cm³/mol. The van der Waals surface area contributed by atoms with Crippen molar-refractivity contribution in [2.45, 2.75) is 38.3 Å². The van der Waals surface area contributed by atoms with E-state index in [4.69, 9.17) is 5.73 Å². The van der Waals surface area contributed by atoms with Gasteiger partial charge in [0.25, 0.3) is 0 Å². The highest BCUT2D eigenvalue weighted by molar-refractivity contribution is 5.85. The fourth-order valence-electron chi connectivity index (χ4n) is 2.80. The van der Waals surface area contributed by atoms with Crippen LogP contribution in [-0.2, 0) is 11.2 Å². The Balaban J connectivity index is 0.00000288. The van der Waals surface area contributed by atoms with Gasteiger partial charge < -0.3 is 10.6 Å². The number of nitrogens with zero attached hydrogens (tertiary/aromatic N) is 1. The second-order valence-electron chi connectivity index (χ2n) is 5.98. The summed E-state index contributed by atoms with van der Waals surface area (Å²) in [6.45, 7) is 2.12. The van der Waals surface area contributed by atoms with Gasteiger partial charge in [-0.15, -0.1) is 12.4 Å². The largest absolute Gasteiger partial charge is 0.342 e. The van der Waals surface area contributed by atoms with E-state index in [2.05, 4.69) is 19.1 Å². The Morgan fingerprint density at radius 1 is 1.04 bits per heavy atom. The second-order valence-corrected chi connectivity index (χ2v) is 5.98. The van der Waals surface area contributed by atoms with Gasteiger partial charge in [-0.3, -0.25) is 4.79 Å². The van der Waals surface area contributed by atoms with Gasteiger partial charge in [0.05, 0.1) is 0 Å². The van der Waals surface area contributed by atoms with Crippen molar-refractivity contribution in [1.82, 2.24) is 4.90 Å². The van der Waals surface area contributed by atoms with Gasteiger partial charge in [0.15, 0.2) is 0 Å². The molecule has 130 valence electrons. The molecule has 0 spiro atoms. The molecule has 0 saturated heterocycles. The minimum Gasteiger partial charge on any atom is -0.342 e. The molecule has 4 heteroatoms. The highest BCUT2D eigenvalue weighted by Gasteiger charge is 2.21. The Bertz CT molecular complexity index is 604. The average molecular weight is 347 g/mol. The number of nitrogens with two attached hydrogens (primary N) is 1. The normalized spacial score (nSPS) is 12.8. The van der Waals surface area contributed by atoms with Crippen LogP contribution in [0, 0.1) is 0 Å². The number of amides is 1. The Labute approximate surface area is 151 Å². The van der Waals surface area contributed by atoms with E-state index in [1.54, 1.807) is 0 Å². The van der Waals surface area contributed by atoms with E-state index in [0.29, 0.717) is 6.42 Å². The number of benzene rings is 2. The van der Waals surface area contributed by atoms with Gasteiger partial charge in [0, 0.05) is 25.6 Å². The van der Waals surface area contributed by atoms with Crippen molar-refractivity contribution in [1.29, 1.82) is 0 Å². The third kappa shape index (κ3) is 5.66. The molecule has 2 rings (SSSR count). The summed E-state index contributed by atoms with van der Waals surface area (Å²) in [5.41, 5.74) is 8.44. The summed E-state index contributed by atoms with van der Waals surface area (Å²) in [4.78, 5) is 14.4. The standard InChI is InChI=1S/C20H26N2O.ClH/c1-3-18(14-16-10-6-4-7-11-16)22(2)20(23)15-19(21)17-12-8-5-9-13-17;/h4-13,18-19H,3,14-15,21H2,1-2H3;1H. The Hall–Kier alpha value is -1.84. The smallest absolute Gasteiger partial charge is 0.224 e. The average Bonchev–Trinajstić information content (AvgIpc) is 2.60. The molecule has 0 bridgehead atoms. The van der Waals surface area contributed by atoms with Gasteiger partial charge in [-0.25, -0.2) is 0 Å². The SMILES string of the molecule is CCC(Cc1ccccc1)N(C)C(=O)CC(N)c1ccccc1.Cl. The van der Waals surface area contributed by atoms with Crippen LogP contribution in [0.4, 0.5) is 0 Å². The summed E-state index contributed by atoms with van der Waals surface area (Å²) in [7, 11) is 1.89. The molecule has 0 fully saturated rings. The van der Waals surface area contributed by atoms with Crippen LogP contribution in [0.3, 0.4) is 0 Å². The first-order chi connectivity index (χ1) is 11.1. The molecule has 2 atom stereocenters. The molecular weight excluding hydrogens is 320 g/mol. The van der Waals surface area contributed by atoms with E-state index in [9.17, 15) is 4.79 Å². The Morgan fingerprint density at radius 3 is 2.12 bits per heavy atom. The minimum absolute atomic E-state index is 0. The molecule has 0 radical (unpaired) electrons. The second kappa shape index (κ2) is 10.1. The molecule has 24 heavy (non-hydrogen) atoms. The summed E-state index contributed by atoms with van der Waals surface area (Å²) >= 11 is 0. The maximum absolute atomic E-state index is 12.6. The predicted octanol–water partition coefficient (Wildman–Crippen LogP) is 3.98. The molecular formula is C20H27ClN2O. The van der Waals surface area contributed by atoms with Crippen LogP contribution in [0.25, 0.3) is 0 Å². The summed E-state index contributed by atoms with van der Waals surface area (Å²) in [6, 6.07) is 20.1. The zero-order chi connectivity index (χ0) is 16.7. The zero-order valence-electron chi connectivity index (χ0n) is 14.4. The number of carbonyl (C=O) groups excluding carboxylic acids is 1. The van der Waals surface area contributed by atoms with Crippen molar-refractivity contribution < 1.29 is 4.79 Å². The van der Waals surface area contributed by atoms with E-state index in [1.165, 1.54) is 5.56 Å². The lowest BCUT2D eigenvalue weighted by molar-refractivity contribution is -0.132. The lowest BCUT2D eigenvalue weighted by Crippen LogP contribution is -2.39. The van der Waals surface area contributed by atoms with E-state index in [-0.39, 0.29) is 30.4 Å². The van der Waals surface area contributed by atoms with Crippen molar-refractivity contribution in [3.8, 4) is 0 Å². The summed E-state index contributed by atoms with van der Waals surface area (Å²) in [5, 5.41) is 0. The third-order valence-corrected chi connectivity index (χ3v) is 4.35. The molecule has 2 aromatic rings. The first-order valence-corrected chi connectivity index (χ1v) is 8.22. The van der Waals surface area contributed by atoms with E-state index < -0.39 is 0 Å². The van der Waals surface area contributed by atoms with Crippen LogP contribution < -0.4 is 5.73 Å². The van der Waals surface area contributed by atoms with Crippen LogP contribution in [0.2, 0.25) is 0 Å². The highest BCUT2D eigenvalue weighted by Crippen LogP contribution is 2.17. The van der Waals surface area contributed by atoms with Crippen LogP contribution >= 0.6 is 12.4 Å². The van der Waals surface area contributed by atoms with Gasteiger partial charge in [0.2, 0.25) is 5.91 Å². The fourth-order valence-corrected chi connectivity index (χ4v) is 2.80. The molecule has 2 aromatic carbocycles. The van der Waals surface area contributed by atoms with Gasteiger partial charge in [-0.2, -0.15) is 0 Å². The number of rotatable bonds is 7. The van der Waals surface area contributed by atoms with Crippen LogP contribution in [0.5, 0.6) is 0 Å². The molecule has 1 amide bonds. The van der Waals surface area contributed by atoms with Gasteiger partial charge in [-0.1, -0.05) is 67.6 Å². The first kappa shape index (κ1) is 20.2. The molecule has 0 aliphatic heterocycles. The molecule has 0 aliphatic rings. The molecule has 0 heterocycles. The van der Waals surface area contributed by atoms with E-state index in [0.717, 1.165) is 18.4 Å². The quantitative estimate of drug-likeness (QED) is 0.824. The Morgan fingerprint density at radius 2 is 1.58 bits per heavy atom.